The van der Waals surface area contributed by atoms with Crippen molar-refractivity contribution in [2.24, 2.45) is 7.05 Å². The molecule has 138 valence electrons. The van der Waals surface area contributed by atoms with E-state index in [0.29, 0.717) is 39.6 Å². The molecule has 4 rings (SSSR count). The summed E-state index contributed by atoms with van der Waals surface area (Å²) in [7, 11) is 3.35. The predicted molar refractivity (Wildman–Crippen MR) is 97.3 cm³/mol. The molecule has 0 unspecified atom stereocenters. The van der Waals surface area contributed by atoms with Crippen LogP contribution < -0.4 is 4.74 Å². The summed E-state index contributed by atoms with van der Waals surface area (Å²) in [5.41, 5.74) is 2.39. The fourth-order valence-corrected chi connectivity index (χ4v) is 3.08. The lowest BCUT2D eigenvalue weighted by atomic mass is 10.1. The minimum Gasteiger partial charge on any atom is -0.497 e. The number of aromatic nitrogens is 5. The molecule has 3 aromatic heterocycles. The van der Waals surface area contributed by atoms with E-state index in [0.717, 1.165) is 0 Å². The fourth-order valence-electron chi connectivity index (χ4n) is 3.08. The van der Waals surface area contributed by atoms with Crippen molar-refractivity contribution in [3.63, 3.8) is 0 Å². The Morgan fingerprint density at radius 2 is 1.78 bits per heavy atom. The average molecular weight is 369 g/mol. The lowest BCUT2D eigenvalue weighted by Crippen LogP contribution is -2.00. The number of alkyl halides is 2. The summed E-state index contributed by atoms with van der Waals surface area (Å²) in [6.07, 6.45) is -0.903. The second kappa shape index (κ2) is 6.46. The molecule has 0 fully saturated rings. The number of halogens is 2. The molecule has 1 aromatic carbocycles. The predicted octanol–water partition coefficient (Wildman–Crippen LogP) is 4.08. The summed E-state index contributed by atoms with van der Waals surface area (Å²) in [5, 5.41) is 9.10. The number of pyridine rings is 1. The molecular formula is C19H17F2N5O. The molecule has 0 radical (unpaired) electrons. The Hall–Kier alpha value is -3.29. The van der Waals surface area contributed by atoms with E-state index in [4.69, 9.17) is 4.74 Å². The Balaban J connectivity index is 1.98. The van der Waals surface area contributed by atoms with Crippen LogP contribution in [-0.4, -0.2) is 31.7 Å². The van der Waals surface area contributed by atoms with Crippen LogP contribution in [0.3, 0.4) is 0 Å². The van der Waals surface area contributed by atoms with Crippen molar-refractivity contribution >= 4 is 11.0 Å². The van der Waals surface area contributed by atoms with E-state index in [1.807, 2.05) is 12.1 Å². The van der Waals surface area contributed by atoms with Crippen LogP contribution in [0.4, 0.5) is 8.78 Å². The number of hydrogen-bond acceptors (Lipinski definition) is 4. The van der Waals surface area contributed by atoms with Crippen LogP contribution in [0.1, 0.15) is 17.7 Å². The summed E-state index contributed by atoms with van der Waals surface area (Å²) in [6, 6.07) is 10.3. The lowest BCUT2D eigenvalue weighted by molar-refractivity contribution is 0.153. The SMILES string of the molecule is COc1ccc(-n2nc(C)c3c(C(F)F)cc(-c4ccn(C)n4)nc32)cc1. The van der Waals surface area contributed by atoms with Crippen molar-refractivity contribution < 1.29 is 13.5 Å². The number of methoxy groups -OCH3 is 1. The molecule has 0 aliphatic rings. The maximum Gasteiger partial charge on any atom is 0.264 e. The zero-order valence-corrected chi connectivity index (χ0v) is 15.0. The van der Waals surface area contributed by atoms with Gasteiger partial charge in [0.2, 0.25) is 0 Å². The van der Waals surface area contributed by atoms with Gasteiger partial charge in [-0.1, -0.05) is 0 Å². The van der Waals surface area contributed by atoms with Gasteiger partial charge in [0.25, 0.3) is 6.43 Å². The summed E-state index contributed by atoms with van der Waals surface area (Å²) in [6.45, 7) is 1.70. The summed E-state index contributed by atoms with van der Waals surface area (Å²) in [4.78, 5) is 4.60. The molecule has 3 heterocycles. The summed E-state index contributed by atoms with van der Waals surface area (Å²) < 4.78 is 35.9. The van der Waals surface area contributed by atoms with Gasteiger partial charge in [-0.2, -0.15) is 10.2 Å². The monoisotopic (exact) mass is 369 g/mol. The second-order valence-corrected chi connectivity index (χ2v) is 6.17. The van der Waals surface area contributed by atoms with Gasteiger partial charge in [0, 0.05) is 18.8 Å². The van der Waals surface area contributed by atoms with Gasteiger partial charge < -0.3 is 4.74 Å². The molecule has 0 saturated carbocycles. The number of aryl methyl sites for hydroxylation is 2. The van der Waals surface area contributed by atoms with Crippen molar-refractivity contribution in [1.82, 2.24) is 24.5 Å². The molecule has 4 aromatic rings. The topological polar surface area (TPSA) is 57.8 Å². The van der Waals surface area contributed by atoms with Crippen molar-refractivity contribution in [2.75, 3.05) is 7.11 Å². The van der Waals surface area contributed by atoms with E-state index in [1.54, 1.807) is 54.8 Å². The maximum atomic E-state index is 13.8. The first-order valence-corrected chi connectivity index (χ1v) is 8.31. The van der Waals surface area contributed by atoms with E-state index >= 15 is 0 Å². The Kier molecular flexibility index (Phi) is 4.10. The minimum atomic E-state index is -2.65. The van der Waals surface area contributed by atoms with Crippen molar-refractivity contribution in [3.05, 3.63) is 53.9 Å². The van der Waals surface area contributed by atoms with Gasteiger partial charge in [0.15, 0.2) is 5.65 Å². The van der Waals surface area contributed by atoms with Gasteiger partial charge in [-0.25, -0.2) is 18.4 Å². The van der Waals surface area contributed by atoms with Gasteiger partial charge >= 0.3 is 0 Å². The highest BCUT2D eigenvalue weighted by Crippen LogP contribution is 2.33. The van der Waals surface area contributed by atoms with Crippen LogP contribution in [0.15, 0.2) is 42.6 Å². The molecule has 0 bridgehead atoms. The van der Waals surface area contributed by atoms with E-state index in [-0.39, 0.29) is 5.56 Å². The highest BCUT2D eigenvalue weighted by molar-refractivity contribution is 5.86. The first-order chi connectivity index (χ1) is 13.0. The van der Waals surface area contributed by atoms with Gasteiger partial charge in [-0.3, -0.25) is 4.68 Å². The van der Waals surface area contributed by atoms with Crippen LogP contribution in [0, 0.1) is 6.92 Å². The van der Waals surface area contributed by atoms with Crippen LogP contribution in [-0.2, 0) is 7.05 Å². The van der Waals surface area contributed by atoms with E-state index in [2.05, 4.69) is 15.2 Å². The first kappa shape index (κ1) is 17.1. The molecule has 27 heavy (non-hydrogen) atoms. The van der Waals surface area contributed by atoms with Crippen LogP contribution in [0.5, 0.6) is 5.75 Å². The number of hydrogen-bond donors (Lipinski definition) is 0. The van der Waals surface area contributed by atoms with Crippen molar-refractivity contribution in [2.45, 2.75) is 13.3 Å². The molecule has 0 N–H and O–H groups in total. The van der Waals surface area contributed by atoms with Gasteiger partial charge in [-0.05, 0) is 43.3 Å². The fraction of sp³-hybridized carbons (Fsp3) is 0.211. The quantitative estimate of drug-likeness (QED) is 0.544. The van der Waals surface area contributed by atoms with Crippen molar-refractivity contribution in [1.29, 1.82) is 0 Å². The number of rotatable bonds is 4. The van der Waals surface area contributed by atoms with Crippen LogP contribution in [0.25, 0.3) is 28.1 Å². The first-order valence-electron chi connectivity index (χ1n) is 8.31. The molecule has 0 aliphatic heterocycles. The number of nitrogens with zero attached hydrogens (tertiary/aromatic N) is 5. The largest absolute Gasteiger partial charge is 0.497 e. The zero-order valence-electron chi connectivity index (χ0n) is 15.0. The lowest BCUT2D eigenvalue weighted by Gasteiger charge is -2.08. The highest BCUT2D eigenvalue weighted by Gasteiger charge is 2.22. The highest BCUT2D eigenvalue weighted by atomic mass is 19.3. The number of fused-ring (bicyclic) bond motifs is 1. The number of benzene rings is 1. The molecule has 0 spiro atoms. The second-order valence-electron chi connectivity index (χ2n) is 6.17. The third-order valence-corrected chi connectivity index (χ3v) is 4.37. The Morgan fingerprint density at radius 1 is 1.04 bits per heavy atom. The van der Waals surface area contributed by atoms with E-state index in [9.17, 15) is 8.78 Å². The van der Waals surface area contributed by atoms with Crippen LogP contribution in [0.2, 0.25) is 0 Å². The molecule has 0 aliphatic carbocycles. The third-order valence-electron chi connectivity index (χ3n) is 4.37. The Labute approximate surface area is 154 Å². The molecule has 0 amide bonds. The normalized spacial score (nSPS) is 11.5. The van der Waals surface area contributed by atoms with Gasteiger partial charge in [0.1, 0.15) is 11.4 Å². The Morgan fingerprint density at radius 3 is 2.37 bits per heavy atom. The smallest absolute Gasteiger partial charge is 0.264 e. The summed E-state index contributed by atoms with van der Waals surface area (Å²) >= 11 is 0. The Bertz CT molecular complexity index is 1120. The zero-order chi connectivity index (χ0) is 19.1. The minimum absolute atomic E-state index is 0.0992. The molecule has 0 saturated heterocycles. The number of ether oxygens (including phenoxy) is 1. The summed E-state index contributed by atoms with van der Waals surface area (Å²) in [5.74, 6) is 0.697. The molecule has 8 heteroatoms. The van der Waals surface area contributed by atoms with Gasteiger partial charge in [0.05, 0.1) is 29.6 Å². The standard InChI is InChI=1S/C19H17F2N5O/c1-11-17-14(18(20)21)10-16(15-8-9-25(2)24-15)22-19(17)26(23-11)12-4-6-13(27-3)7-5-12/h4-10,18H,1-3H3. The van der Waals surface area contributed by atoms with E-state index in [1.165, 1.54) is 6.07 Å². The van der Waals surface area contributed by atoms with Gasteiger partial charge in [-0.15, -0.1) is 0 Å². The average Bonchev–Trinajstić information content (AvgIpc) is 3.25. The van der Waals surface area contributed by atoms with Crippen molar-refractivity contribution in [3.8, 4) is 22.8 Å². The third kappa shape index (κ3) is 2.92. The molecular weight excluding hydrogens is 352 g/mol. The molecule has 0 atom stereocenters. The maximum absolute atomic E-state index is 13.8. The molecule has 6 nitrogen and oxygen atoms in total. The van der Waals surface area contributed by atoms with Crippen LogP contribution >= 0.6 is 0 Å². The van der Waals surface area contributed by atoms with E-state index < -0.39 is 6.43 Å².